The number of para-hydroxylation sites is 1. The van der Waals surface area contributed by atoms with Crippen LogP contribution in [-0.2, 0) is 0 Å². The van der Waals surface area contributed by atoms with Crippen LogP contribution in [0.25, 0.3) is 10.2 Å². The summed E-state index contributed by atoms with van der Waals surface area (Å²) >= 11 is 2.89. The van der Waals surface area contributed by atoms with Crippen LogP contribution >= 0.6 is 22.9 Å². The second-order valence-corrected chi connectivity index (χ2v) is 7.13. The molecule has 0 bridgehead atoms. The quantitative estimate of drug-likeness (QED) is 0.790. The van der Waals surface area contributed by atoms with Gasteiger partial charge in [0, 0.05) is 24.5 Å². The Bertz CT molecular complexity index is 783. The highest BCUT2D eigenvalue weighted by molar-refractivity contribution is 7.22. The average molecular weight is 345 g/mol. The molecule has 1 aliphatic heterocycles. The number of benzene rings is 1. The summed E-state index contributed by atoms with van der Waals surface area (Å²) in [5, 5.41) is 9.57. The summed E-state index contributed by atoms with van der Waals surface area (Å²) in [6, 6.07) is 8.28. The lowest BCUT2D eigenvalue weighted by atomic mass is 10.1. The normalized spacial score (nSPS) is 18.3. The topological polar surface area (TPSA) is 71.0 Å². The summed E-state index contributed by atoms with van der Waals surface area (Å²) in [4.78, 5) is 19.1. The van der Waals surface area contributed by atoms with Gasteiger partial charge in [-0.25, -0.2) is 4.98 Å². The molecule has 4 rings (SSSR count). The van der Waals surface area contributed by atoms with E-state index in [-0.39, 0.29) is 11.9 Å². The molecule has 1 saturated heterocycles. The summed E-state index contributed by atoms with van der Waals surface area (Å²) in [6.45, 7) is 1.76. The minimum Gasteiger partial charge on any atom is -0.346 e. The first-order valence-corrected chi connectivity index (χ1v) is 9.13. The molecule has 1 unspecified atom stereocenters. The molecule has 0 radical (unpaired) electrons. The van der Waals surface area contributed by atoms with Crippen molar-refractivity contribution in [2.75, 3.05) is 18.0 Å². The summed E-state index contributed by atoms with van der Waals surface area (Å²) in [7, 11) is 0. The van der Waals surface area contributed by atoms with Crippen molar-refractivity contribution in [2.45, 2.75) is 18.9 Å². The average Bonchev–Trinajstić information content (AvgIpc) is 3.24. The Balaban J connectivity index is 1.47. The predicted molar refractivity (Wildman–Crippen MR) is 92.2 cm³/mol. The van der Waals surface area contributed by atoms with Crippen molar-refractivity contribution in [2.24, 2.45) is 0 Å². The highest BCUT2D eigenvalue weighted by Crippen LogP contribution is 2.30. The maximum atomic E-state index is 12.1. The molecule has 1 atom stereocenters. The molecule has 3 aromatic rings. The first-order chi connectivity index (χ1) is 11.3. The number of carbonyl (C=O) groups excluding carboxylic acids is 1. The number of carbonyl (C=O) groups is 1. The van der Waals surface area contributed by atoms with Crippen LogP contribution in [-0.4, -0.2) is 39.6 Å². The molecule has 0 saturated carbocycles. The number of hydrogen-bond acceptors (Lipinski definition) is 7. The van der Waals surface area contributed by atoms with Gasteiger partial charge < -0.3 is 10.2 Å². The van der Waals surface area contributed by atoms with Crippen molar-refractivity contribution in [3.63, 3.8) is 0 Å². The summed E-state index contributed by atoms with van der Waals surface area (Å²) < 4.78 is 4.93. The van der Waals surface area contributed by atoms with Gasteiger partial charge in [0.25, 0.3) is 5.91 Å². The number of piperidine rings is 1. The minimum absolute atomic E-state index is 0.116. The Labute approximate surface area is 141 Å². The number of thiazole rings is 1. The van der Waals surface area contributed by atoms with Crippen LogP contribution in [0.3, 0.4) is 0 Å². The van der Waals surface area contributed by atoms with E-state index in [0.717, 1.165) is 36.6 Å². The smallest absolute Gasteiger partial charge is 0.273 e. The van der Waals surface area contributed by atoms with E-state index in [1.807, 2.05) is 18.2 Å². The summed E-state index contributed by atoms with van der Waals surface area (Å²) in [6.07, 6.45) is 2.01. The van der Waals surface area contributed by atoms with Crippen LogP contribution in [0.5, 0.6) is 0 Å². The molecule has 118 valence electrons. The number of aromatic nitrogens is 3. The van der Waals surface area contributed by atoms with E-state index in [4.69, 9.17) is 4.98 Å². The predicted octanol–water partition coefficient (Wildman–Crippen LogP) is 2.55. The Morgan fingerprint density at radius 2 is 2.26 bits per heavy atom. The van der Waals surface area contributed by atoms with Crippen LogP contribution in [0.4, 0.5) is 5.13 Å². The van der Waals surface area contributed by atoms with Crippen molar-refractivity contribution in [1.29, 1.82) is 0 Å². The molecule has 1 fully saturated rings. The molecule has 1 N–H and O–H groups in total. The molecule has 23 heavy (non-hydrogen) atoms. The molecule has 0 aliphatic carbocycles. The molecule has 6 nitrogen and oxygen atoms in total. The van der Waals surface area contributed by atoms with Gasteiger partial charge in [0.1, 0.15) is 0 Å². The second kappa shape index (κ2) is 6.21. The van der Waals surface area contributed by atoms with Gasteiger partial charge in [0.2, 0.25) is 0 Å². The Hall–Kier alpha value is -2.06. The van der Waals surface area contributed by atoms with Gasteiger partial charge >= 0.3 is 0 Å². The third-order valence-electron chi connectivity index (χ3n) is 3.90. The molecule has 1 aromatic carbocycles. The first-order valence-electron chi connectivity index (χ1n) is 7.48. The van der Waals surface area contributed by atoms with Crippen LogP contribution < -0.4 is 10.2 Å². The van der Waals surface area contributed by atoms with E-state index in [0.29, 0.717) is 5.69 Å². The van der Waals surface area contributed by atoms with Crippen molar-refractivity contribution in [3.8, 4) is 0 Å². The third-order valence-corrected chi connectivity index (χ3v) is 5.50. The minimum atomic E-state index is -0.144. The third kappa shape index (κ3) is 3.04. The van der Waals surface area contributed by atoms with Gasteiger partial charge in [-0.15, -0.1) is 5.10 Å². The van der Waals surface area contributed by atoms with E-state index in [1.165, 1.54) is 16.2 Å². The fourth-order valence-corrected chi connectivity index (χ4v) is 4.22. The summed E-state index contributed by atoms with van der Waals surface area (Å²) in [5.74, 6) is -0.144. The molecular weight excluding hydrogens is 330 g/mol. The Morgan fingerprint density at radius 1 is 1.35 bits per heavy atom. The van der Waals surface area contributed by atoms with E-state index in [2.05, 4.69) is 25.9 Å². The number of fused-ring (bicyclic) bond motifs is 1. The molecule has 2 aromatic heterocycles. The van der Waals surface area contributed by atoms with Gasteiger partial charge in [-0.1, -0.05) is 28.0 Å². The lowest BCUT2D eigenvalue weighted by Gasteiger charge is -2.32. The zero-order valence-electron chi connectivity index (χ0n) is 12.3. The Kier molecular flexibility index (Phi) is 3.92. The zero-order chi connectivity index (χ0) is 15.6. The maximum Gasteiger partial charge on any atom is 0.273 e. The maximum absolute atomic E-state index is 12.1. The lowest BCUT2D eigenvalue weighted by molar-refractivity contribution is 0.0928. The first kappa shape index (κ1) is 14.5. The fraction of sp³-hybridized carbons (Fsp3) is 0.333. The molecule has 3 heterocycles. The van der Waals surface area contributed by atoms with Gasteiger partial charge in [0.15, 0.2) is 10.8 Å². The van der Waals surface area contributed by atoms with Crippen molar-refractivity contribution < 1.29 is 4.79 Å². The van der Waals surface area contributed by atoms with Crippen LogP contribution in [0.1, 0.15) is 23.3 Å². The second-order valence-electron chi connectivity index (χ2n) is 5.51. The van der Waals surface area contributed by atoms with Gasteiger partial charge in [-0.2, -0.15) is 0 Å². The van der Waals surface area contributed by atoms with E-state index >= 15 is 0 Å². The van der Waals surface area contributed by atoms with Crippen LogP contribution in [0.2, 0.25) is 0 Å². The number of rotatable bonds is 3. The highest BCUT2D eigenvalue weighted by Gasteiger charge is 2.24. The standard InChI is InChI=1S/C15H15N5OS2/c21-14(12-9-22-19-18-12)16-10-4-3-7-20(8-10)15-17-11-5-1-2-6-13(11)23-15/h1-2,5-6,9-10H,3-4,7-8H2,(H,16,21). The van der Waals surface area contributed by atoms with Gasteiger partial charge in [0.05, 0.1) is 10.2 Å². The molecule has 1 aliphatic rings. The number of anilines is 1. The van der Waals surface area contributed by atoms with Crippen LogP contribution in [0.15, 0.2) is 29.6 Å². The van der Waals surface area contributed by atoms with E-state index in [9.17, 15) is 4.79 Å². The largest absolute Gasteiger partial charge is 0.346 e. The molecular formula is C15H15N5OS2. The number of amides is 1. The van der Waals surface area contributed by atoms with Crippen molar-refractivity contribution >= 4 is 44.1 Å². The highest BCUT2D eigenvalue weighted by atomic mass is 32.1. The van der Waals surface area contributed by atoms with Gasteiger partial charge in [-0.05, 0) is 36.5 Å². The summed E-state index contributed by atoms with van der Waals surface area (Å²) in [5.41, 5.74) is 1.43. The molecule has 1 amide bonds. The van der Waals surface area contributed by atoms with Crippen LogP contribution in [0, 0.1) is 0 Å². The SMILES string of the molecule is O=C(NC1CCCN(c2nc3ccccc3s2)C1)c1csnn1. The Morgan fingerprint density at radius 3 is 3.09 bits per heavy atom. The van der Waals surface area contributed by atoms with Crippen molar-refractivity contribution in [3.05, 3.63) is 35.3 Å². The molecule has 8 heteroatoms. The monoisotopic (exact) mass is 345 g/mol. The lowest BCUT2D eigenvalue weighted by Crippen LogP contribution is -2.47. The van der Waals surface area contributed by atoms with Gasteiger partial charge in [-0.3, -0.25) is 4.79 Å². The van der Waals surface area contributed by atoms with Crippen molar-refractivity contribution in [1.82, 2.24) is 19.9 Å². The fourth-order valence-electron chi connectivity index (χ4n) is 2.79. The number of nitrogens with zero attached hydrogens (tertiary/aromatic N) is 4. The zero-order valence-corrected chi connectivity index (χ0v) is 13.9. The number of nitrogens with one attached hydrogen (secondary N) is 1. The number of hydrogen-bond donors (Lipinski definition) is 1. The molecule has 0 spiro atoms. The van der Waals surface area contributed by atoms with E-state index < -0.39 is 0 Å². The van der Waals surface area contributed by atoms with E-state index in [1.54, 1.807) is 16.7 Å².